The first-order valence-electron chi connectivity index (χ1n) is 5.96. The maximum Gasteiger partial charge on any atom is 0.259 e. The minimum absolute atomic E-state index is 0.0896. The number of benzene rings is 2. The molecule has 0 radical (unpaired) electrons. The molecule has 0 spiro atoms. The Labute approximate surface area is 115 Å². The second-order valence-corrected chi connectivity index (χ2v) is 4.30. The van der Waals surface area contributed by atoms with Crippen LogP contribution in [0.4, 0.5) is 10.1 Å². The van der Waals surface area contributed by atoms with Crippen LogP contribution in [0.25, 0.3) is 0 Å². The monoisotopic (exact) mass is 275 g/mol. The van der Waals surface area contributed by atoms with Crippen molar-refractivity contribution in [2.24, 2.45) is 0 Å². The number of halogens is 1. The molecule has 4 nitrogen and oxygen atoms in total. The Morgan fingerprint density at radius 2 is 2.00 bits per heavy atom. The Bertz CT molecular complexity index is 656. The summed E-state index contributed by atoms with van der Waals surface area (Å²) in [4.78, 5) is 12.0. The number of hydrogen-bond donors (Lipinski definition) is 2. The van der Waals surface area contributed by atoms with Crippen LogP contribution in [0.5, 0.6) is 11.5 Å². The molecule has 0 saturated carbocycles. The van der Waals surface area contributed by atoms with Crippen molar-refractivity contribution in [2.45, 2.75) is 6.92 Å². The highest BCUT2D eigenvalue weighted by Crippen LogP contribution is 2.24. The number of phenols is 1. The number of nitrogens with one attached hydrogen (secondary N) is 1. The molecule has 0 atom stereocenters. The highest BCUT2D eigenvalue weighted by molar-refractivity contribution is 6.06. The van der Waals surface area contributed by atoms with E-state index in [2.05, 4.69) is 5.32 Å². The third-order valence-corrected chi connectivity index (χ3v) is 2.88. The Balaban J connectivity index is 2.21. The number of aromatic hydroxyl groups is 1. The molecule has 2 aromatic rings. The SMILES string of the molecule is COc1ccc(C(=O)Nc2ccc(C)c(F)c2)c(O)c1. The number of ether oxygens (including phenoxy) is 1. The van der Waals surface area contributed by atoms with Crippen molar-refractivity contribution >= 4 is 11.6 Å². The average Bonchev–Trinajstić information content (AvgIpc) is 2.42. The first kappa shape index (κ1) is 13.9. The van der Waals surface area contributed by atoms with Crippen molar-refractivity contribution in [1.82, 2.24) is 0 Å². The highest BCUT2D eigenvalue weighted by atomic mass is 19.1. The van der Waals surface area contributed by atoms with Gasteiger partial charge in [0.05, 0.1) is 12.7 Å². The van der Waals surface area contributed by atoms with Gasteiger partial charge in [-0.3, -0.25) is 4.79 Å². The lowest BCUT2D eigenvalue weighted by molar-refractivity contribution is 0.102. The Hall–Kier alpha value is -2.56. The molecular formula is C15H14FNO3. The van der Waals surface area contributed by atoms with Crippen LogP contribution in [0.3, 0.4) is 0 Å². The fourth-order valence-corrected chi connectivity index (χ4v) is 1.70. The molecule has 0 fully saturated rings. The summed E-state index contributed by atoms with van der Waals surface area (Å²) in [6.45, 7) is 1.64. The van der Waals surface area contributed by atoms with Crippen LogP contribution in [0.2, 0.25) is 0 Å². The average molecular weight is 275 g/mol. The van der Waals surface area contributed by atoms with Gasteiger partial charge in [0.2, 0.25) is 0 Å². The zero-order chi connectivity index (χ0) is 14.7. The number of amides is 1. The molecular weight excluding hydrogens is 261 g/mol. The number of carbonyl (C=O) groups excluding carboxylic acids is 1. The lowest BCUT2D eigenvalue weighted by atomic mass is 10.1. The van der Waals surface area contributed by atoms with Crippen LogP contribution < -0.4 is 10.1 Å². The third kappa shape index (κ3) is 2.88. The predicted octanol–water partition coefficient (Wildman–Crippen LogP) is 3.10. The topological polar surface area (TPSA) is 58.6 Å². The second-order valence-electron chi connectivity index (χ2n) is 4.30. The van der Waals surface area contributed by atoms with Gasteiger partial charge in [0, 0.05) is 11.8 Å². The number of methoxy groups -OCH3 is 1. The zero-order valence-electron chi connectivity index (χ0n) is 11.1. The number of aryl methyl sites for hydroxylation is 1. The minimum Gasteiger partial charge on any atom is -0.507 e. The van der Waals surface area contributed by atoms with Gasteiger partial charge in [-0.2, -0.15) is 0 Å². The fourth-order valence-electron chi connectivity index (χ4n) is 1.70. The molecule has 0 aliphatic carbocycles. The van der Waals surface area contributed by atoms with Gasteiger partial charge < -0.3 is 15.2 Å². The Morgan fingerprint density at radius 1 is 1.25 bits per heavy atom. The molecule has 104 valence electrons. The summed E-state index contributed by atoms with van der Waals surface area (Å²) >= 11 is 0. The molecule has 0 bridgehead atoms. The predicted molar refractivity (Wildman–Crippen MR) is 73.7 cm³/mol. The van der Waals surface area contributed by atoms with E-state index in [1.54, 1.807) is 25.1 Å². The quantitative estimate of drug-likeness (QED) is 0.905. The van der Waals surface area contributed by atoms with Crippen molar-refractivity contribution in [1.29, 1.82) is 0 Å². The maximum atomic E-state index is 13.4. The van der Waals surface area contributed by atoms with Gasteiger partial charge in [-0.05, 0) is 36.8 Å². The van der Waals surface area contributed by atoms with Crippen LogP contribution >= 0.6 is 0 Å². The van der Waals surface area contributed by atoms with E-state index >= 15 is 0 Å². The van der Waals surface area contributed by atoms with E-state index in [0.29, 0.717) is 17.0 Å². The van der Waals surface area contributed by atoms with Crippen LogP contribution in [0.15, 0.2) is 36.4 Å². The number of rotatable bonds is 3. The summed E-state index contributed by atoms with van der Waals surface area (Å²) in [5.74, 6) is -0.676. The Morgan fingerprint density at radius 3 is 2.60 bits per heavy atom. The molecule has 20 heavy (non-hydrogen) atoms. The van der Waals surface area contributed by atoms with E-state index in [-0.39, 0.29) is 11.3 Å². The summed E-state index contributed by atoms with van der Waals surface area (Å²) in [6.07, 6.45) is 0. The smallest absolute Gasteiger partial charge is 0.259 e. The zero-order valence-corrected chi connectivity index (χ0v) is 11.1. The highest BCUT2D eigenvalue weighted by Gasteiger charge is 2.12. The largest absolute Gasteiger partial charge is 0.507 e. The van der Waals surface area contributed by atoms with E-state index in [9.17, 15) is 14.3 Å². The van der Waals surface area contributed by atoms with Crippen LogP contribution in [0, 0.1) is 12.7 Å². The number of carbonyl (C=O) groups is 1. The van der Waals surface area contributed by atoms with Gasteiger partial charge in [-0.25, -0.2) is 4.39 Å². The molecule has 0 aliphatic rings. The van der Waals surface area contributed by atoms with Crippen molar-refractivity contribution in [2.75, 3.05) is 12.4 Å². The van der Waals surface area contributed by atoms with Gasteiger partial charge >= 0.3 is 0 Å². The normalized spacial score (nSPS) is 10.2. The first-order valence-corrected chi connectivity index (χ1v) is 5.96. The van der Waals surface area contributed by atoms with Crippen molar-refractivity contribution in [3.05, 3.63) is 53.3 Å². The van der Waals surface area contributed by atoms with Gasteiger partial charge in [0.25, 0.3) is 5.91 Å². The number of phenolic OH excluding ortho intramolecular Hbond substituents is 1. The summed E-state index contributed by atoms with van der Waals surface area (Å²) in [6, 6.07) is 8.73. The molecule has 0 aromatic heterocycles. The van der Waals surface area contributed by atoms with Crippen molar-refractivity contribution in [3.8, 4) is 11.5 Å². The summed E-state index contributed by atoms with van der Waals surface area (Å²) < 4.78 is 18.3. The maximum absolute atomic E-state index is 13.4. The van der Waals surface area contributed by atoms with Crippen molar-refractivity contribution < 1.29 is 19.0 Å². The van der Waals surface area contributed by atoms with Gasteiger partial charge in [0.15, 0.2) is 0 Å². The van der Waals surface area contributed by atoms with Crippen LogP contribution in [-0.2, 0) is 0 Å². The second kappa shape index (κ2) is 5.61. The summed E-state index contributed by atoms with van der Waals surface area (Å²) in [5, 5.41) is 12.3. The van der Waals surface area contributed by atoms with E-state index < -0.39 is 11.7 Å². The van der Waals surface area contributed by atoms with Crippen LogP contribution in [-0.4, -0.2) is 18.1 Å². The fraction of sp³-hybridized carbons (Fsp3) is 0.133. The Kier molecular flexibility index (Phi) is 3.89. The summed E-state index contributed by atoms with van der Waals surface area (Å²) in [7, 11) is 1.46. The van der Waals surface area contributed by atoms with E-state index in [1.165, 1.54) is 25.3 Å². The summed E-state index contributed by atoms with van der Waals surface area (Å²) in [5.41, 5.74) is 0.912. The van der Waals surface area contributed by atoms with Crippen LogP contribution in [0.1, 0.15) is 15.9 Å². The van der Waals surface area contributed by atoms with Gasteiger partial charge in [0.1, 0.15) is 17.3 Å². The van der Waals surface area contributed by atoms with Gasteiger partial charge in [-0.15, -0.1) is 0 Å². The van der Waals surface area contributed by atoms with E-state index in [4.69, 9.17) is 4.74 Å². The number of hydrogen-bond acceptors (Lipinski definition) is 3. The molecule has 5 heteroatoms. The first-order chi connectivity index (χ1) is 9.51. The molecule has 2 N–H and O–H groups in total. The van der Waals surface area contributed by atoms with Gasteiger partial charge in [-0.1, -0.05) is 6.07 Å². The van der Waals surface area contributed by atoms with Crippen molar-refractivity contribution in [3.63, 3.8) is 0 Å². The lowest BCUT2D eigenvalue weighted by Crippen LogP contribution is -2.12. The molecule has 0 saturated heterocycles. The molecule has 0 heterocycles. The standard InChI is InChI=1S/C15H14FNO3/c1-9-3-4-10(7-13(9)16)17-15(19)12-6-5-11(20-2)8-14(12)18/h3-8,18H,1-2H3,(H,17,19). The molecule has 2 rings (SSSR count). The molecule has 0 unspecified atom stereocenters. The molecule has 0 aliphatic heterocycles. The van der Waals surface area contributed by atoms with E-state index in [1.807, 2.05) is 0 Å². The third-order valence-electron chi connectivity index (χ3n) is 2.88. The van der Waals surface area contributed by atoms with E-state index in [0.717, 1.165) is 0 Å². The molecule has 1 amide bonds. The molecule has 2 aromatic carbocycles. The minimum atomic E-state index is -0.520. The number of anilines is 1. The lowest BCUT2D eigenvalue weighted by Gasteiger charge is -2.09.